The van der Waals surface area contributed by atoms with Crippen LogP contribution in [-0.4, -0.2) is 9.97 Å². The zero-order valence-corrected chi connectivity index (χ0v) is 12.4. The van der Waals surface area contributed by atoms with Gasteiger partial charge in [-0.2, -0.15) is 0 Å². The zero-order chi connectivity index (χ0) is 14.1. The number of aryl methyl sites for hydroxylation is 1. The lowest BCUT2D eigenvalue weighted by Gasteiger charge is -2.03. The Kier molecular flexibility index (Phi) is 3.68. The van der Waals surface area contributed by atoms with Crippen molar-refractivity contribution in [2.75, 3.05) is 0 Å². The normalized spacial score (nSPS) is 11.2. The van der Waals surface area contributed by atoms with Crippen molar-refractivity contribution in [3.8, 4) is 0 Å². The van der Waals surface area contributed by atoms with Gasteiger partial charge in [-0.15, -0.1) is 0 Å². The lowest BCUT2D eigenvalue weighted by molar-refractivity contribution is 0.617. The first-order valence-electron chi connectivity index (χ1n) is 6.16. The van der Waals surface area contributed by atoms with E-state index in [2.05, 4.69) is 9.97 Å². The number of aromatic amines is 1. The molecule has 0 atom stereocenters. The summed E-state index contributed by atoms with van der Waals surface area (Å²) in [6.45, 7) is 2.02. The van der Waals surface area contributed by atoms with Crippen molar-refractivity contribution < 1.29 is 4.39 Å². The number of nitrogens with zero attached hydrogens (tertiary/aromatic N) is 1. The summed E-state index contributed by atoms with van der Waals surface area (Å²) in [6.07, 6.45) is 0. The van der Waals surface area contributed by atoms with Crippen molar-refractivity contribution in [2.45, 2.75) is 17.8 Å². The monoisotopic (exact) mass is 306 g/mol. The molecule has 0 spiro atoms. The fourth-order valence-electron chi connectivity index (χ4n) is 2.03. The molecule has 1 N–H and O–H groups in total. The van der Waals surface area contributed by atoms with Gasteiger partial charge >= 0.3 is 0 Å². The molecule has 0 unspecified atom stereocenters. The van der Waals surface area contributed by atoms with E-state index in [4.69, 9.17) is 11.6 Å². The quantitative estimate of drug-likeness (QED) is 0.693. The number of aromatic nitrogens is 2. The lowest BCUT2D eigenvalue weighted by atomic mass is 10.2. The molecular formula is C15H12ClFN2S. The first-order valence-corrected chi connectivity index (χ1v) is 7.52. The first-order chi connectivity index (χ1) is 9.65. The molecule has 0 bridgehead atoms. The molecule has 20 heavy (non-hydrogen) atoms. The Labute approximate surface area is 125 Å². The summed E-state index contributed by atoms with van der Waals surface area (Å²) >= 11 is 7.46. The minimum Gasteiger partial charge on any atom is -0.333 e. The number of thioether (sulfide) groups is 1. The van der Waals surface area contributed by atoms with Gasteiger partial charge in [0.2, 0.25) is 0 Å². The third-order valence-electron chi connectivity index (χ3n) is 3.11. The van der Waals surface area contributed by atoms with Gasteiger partial charge in [0, 0.05) is 16.3 Å². The molecule has 2 nitrogen and oxygen atoms in total. The van der Waals surface area contributed by atoms with Crippen LogP contribution in [0.4, 0.5) is 4.39 Å². The fraction of sp³-hybridized carbons (Fsp3) is 0.133. The minimum atomic E-state index is -0.280. The van der Waals surface area contributed by atoms with E-state index in [1.165, 1.54) is 17.8 Å². The molecule has 0 aliphatic rings. The number of halogens is 2. The van der Waals surface area contributed by atoms with E-state index in [9.17, 15) is 4.39 Å². The second-order valence-corrected chi connectivity index (χ2v) is 5.87. The van der Waals surface area contributed by atoms with Gasteiger partial charge in [0.1, 0.15) is 5.82 Å². The molecule has 0 aliphatic carbocycles. The predicted molar refractivity (Wildman–Crippen MR) is 81.8 cm³/mol. The van der Waals surface area contributed by atoms with Gasteiger partial charge in [-0.05, 0) is 30.7 Å². The molecular weight excluding hydrogens is 295 g/mol. The van der Waals surface area contributed by atoms with E-state index in [1.54, 1.807) is 12.1 Å². The highest BCUT2D eigenvalue weighted by molar-refractivity contribution is 7.98. The minimum absolute atomic E-state index is 0.280. The highest BCUT2D eigenvalue weighted by Gasteiger charge is 2.10. The molecule has 0 aliphatic heterocycles. The van der Waals surface area contributed by atoms with Gasteiger partial charge in [0.15, 0.2) is 5.16 Å². The largest absolute Gasteiger partial charge is 0.333 e. The number of hydrogen-bond acceptors (Lipinski definition) is 2. The van der Waals surface area contributed by atoms with Crippen LogP contribution in [0.15, 0.2) is 41.6 Å². The van der Waals surface area contributed by atoms with E-state index in [0.29, 0.717) is 16.3 Å². The third-order valence-corrected chi connectivity index (χ3v) is 4.36. The van der Waals surface area contributed by atoms with Gasteiger partial charge in [-0.25, -0.2) is 9.37 Å². The Morgan fingerprint density at radius 3 is 2.80 bits per heavy atom. The standard InChI is InChI=1S/C15H12ClFN2S/c1-9-4-2-7-13-14(9)19-15(18-13)20-8-10-11(16)5-3-6-12(10)17/h2-7H,8H2,1H3,(H,18,19). The Balaban J connectivity index is 1.85. The van der Waals surface area contributed by atoms with Crippen molar-refractivity contribution >= 4 is 34.4 Å². The molecule has 0 fully saturated rings. The summed E-state index contributed by atoms with van der Waals surface area (Å²) in [7, 11) is 0. The van der Waals surface area contributed by atoms with E-state index < -0.39 is 0 Å². The van der Waals surface area contributed by atoms with Gasteiger partial charge in [-0.3, -0.25) is 0 Å². The van der Waals surface area contributed by atoms with Crippen LogP contribution in [0.5, 0.6) is 0 Å². The first kappa shape index (κ1) is 13.5. The molecule has 0 radical (unpaired) electrons. The summed E-state index contributed by atoms with van der Waals surface area (Å²) in [5, 5.41) is 1.22. The maximum Gasteiger partial charge on any atom is 0.166 e. The van der Waals surface area contributed by atoms with Crippen LogP contribution in [-0.2, 0) is 5.75 Å². The average Bonchev–Trinajstić information content (AvgIpc) is 2.83. The highest BCUT2D eigenvalue weighted by Crippen LogP contribution is 2.28. The van der Waals surface area contributed by atoms with Crippen LogP contribution in [0.1, 0.15) is 11.1 Å². The van der Waals surface area contributed by atoms with Gasteiger partial charge in [0.05, 0.1) is 11.0 Å². The van der Waals surface area contributed by atoms with Crippen molar-refractivity contribution in [1.82, 2.24) is 9.97 Å². The molecule has 2 aromatic carbocycles. The summed E-state index contributed by atoms with van der Waals surface area (Å²) in [5.74, 6) is 0.169. The van der Waals surface area contributed by atoms with Crippen LogP contribution >= 0.6 is 23.4 Å². The molecule has 3 rings (SSSR count). The maximum absolute atomic E-state index is 13.7. The number of H-pyrrole nitrogens is 1. The molecule has 0 saturated carbocycles. The average molecular weight is 307 g/mol. The molecule has 0 saturated heterocycles. The molecule has 1 heterocycles. The molecule has 102 valence electrons. The number of hydrogen-bond donors (Lipinski definition) is 1. The summed E-state index contributed by atoms with van der Waals surface area (Å²) < 4.78 is 13.7. The van der Waals surface area contributed by atoms with Crippen LogP contribution in [0, 0.1) is 12.7 Å². The van der Waals surface area contributed by atoms with Gasteiger partial charge in [-0.1, -0.05) is 41.6 Å². The fourth-order valence-corrected chi connectivity index (χ4v) is 3.25. The SMILES string of the molecule is Cc1cccc2[nH]c(SCc3c(F)cccc3Cl)nc12. The number of rotatable bonds is 3. The zero-order valence-electron chi connectivity index (χ0n) is 10.8. The molecule has 5 heteroatoms. The maximum atomic E-state index is 13.7. The van der Waals surface area contributed by atoms with Crippen LogP contribution in [0.3, 0.4) is 0 Å². The van der Waals surface area contributed by atoms with E-state index >= 15 is 0 Å². The molecule has 3 aromatic rings. The number of benzene rings is 2. The van der Waals surface area contributed by atoms with Crippen molar-refractivity contribution in [2.24, 2.45) is 0 Å². The van der Waals surface area contributed by atoms with Crippen LogP contribution in [0.2, 0.25) is 5.02 Å². The van der Waals surface area contributed by atoms with E-state index in [0.717, 1.165) is 21.8 Å². The van der Waals surface area contributed by atoms with E-state index in [1.807, 2.05) is 25.1 Å². The van der Waals surface area contributed by atoms with Crippen LogP contribution in [0.25, 0.3) is 11.0 Å². The topological polar surface area (TPSA) is 28.7 Å². The van der Waals surface area contributed by atoms with E-state index in [-0.39, 0.29) is 5.82 Å². The second kappa shape index (κ2) is 5.46. The van der Waals surface area contributed by atoms with Crippen LogP contribution < -0.4 is 0 Å². The number of fused-ring (bicyclic) bond motifs is 1. The summed E-state index contributed by atoms with van der Waals surface area (Å²) in [5.41, 5.74) is 3.58. The number of imidazole rings is 1. The van der Waals surface area contributed by atoms with Gasteiger partial charge < -0.3 is 4.98 Å². The third kappa shape index (κ3) is 2.53. The Morgan fingerprint density at radius 1 is 1.25 bits per heavy atom. The summed E-state index contributed by atoms with van der Waals surface area (Å²) in [6, 6.07) is 10.7. The Hall–Kier alpha value is -1.52. The van der Waals surface area contributed by atoms with Crippen molar-refractivity contribution in [1.29, 1.82) is 0 Å². The Morgan fingerprint density at radius 2 is 2.05 bits per heavy atom. The molecule has 1 aromatic heterocycles. The predicted octanol–water partition coefficient (Wildman–Crippen LogP) is 4.96. The number of nitrogens with one attached hydrogen (secondary N) is 1. The Bertz CT molecular complexity index is 749. The lowest BCUT2D eigenvalue weighted by Crippen LogP contribution is -1.89. The smallest absolute Gasteiger partial charge is 0.166 e. The summed E-state index contributed by atoms with van der Waals surface area (Å²) in [4.78, 5) is 7.76. The second-order valence-electron chi connectivity index (χ2n) is 4.50. The van der Waals surface area contributed by atoms with Crippen molar-refractivity contribution in [3.05, 3.63) is 58.4 Å². The number of para-hydroxylation sites is 1. The van der Waals surface area contributed by atoms with Crippen molar-refractivity contribution in [3.63, 3.8) is 0 Å². The highest BCUT2D eigenvalue weighted by atomic mass is 35.5. The van der Waals surface area contributed by atoms with Gasteiger partial charge in [0.25, 0.3) is 0 Å². The molecule has 0 amide bonds.